The first-order chi connectivity index (χ1) is 16.5. The lowest BCUT2D eigenvalue weighted by Gasteiger charge is -2.17. The third-order valence-electron chi connectivity index (χ3n) is 4.92. The number of thioether (sulfide) groups is 1. The highest BCUT2D eigenvalue weighted by Crippen LogP contribution is 2.13. The van der Waals surface area contributed by atoms with E-state index in [-0.39, 0.29) is 5.75 Å². The Morgan fingerprint density at radius 3 is 1.94 bits per heavy atom. The van der Waals surface area contributed by atoms with E-state index in [0.29, 0.717) is 12.3 Å². The Morgan fingerprint density at radius 1 is 0.829 bits per heavy atom. The number of amides is 3. The van der Waals surface area contributed by atoms with Crippen molar-refractivity contribution in [1.29, 1.82) is 0 Å². The molecule has 35 heavy (non-hydrogen) atoms. The number of hydrogen-bond acceptors (Lipinski definition) is 5. The van der Waals surface area contributed by atoms with Crippen molar-refractivity contribution in [1.82, 2.24) is 16.0 Å². The molecule has 0 aromatic heterocycles. The van der Waals surface area contributed by atoms with Crippen LogP contribution < -0.4 is 16.0 Å². The maximum atomic E-state index is 12.2. The van der Waals surface area contributed by atoms with Crippen LogP contribution in [0.2, 0.25) is 0 Å². The molecule has 9 nitrogen and oxygen atoms in total. The van der Waals surface area contributed by atoms with Crippen LogP contribution in [0.15, 0.2) is 34.9 Å². The first kappa shape index (κ1) is 32.2. The van der Waals surface area contributed by atoms with Crippen molar-refractivity contribution in [2.24, 2.45) is 0 Å². The maximum absolute atomic E-state index is 12.2. The van der Waals surface area contributed by atoms with Crippen LogP contribution in [0.3, 0.4) is 0 Å². The fourth-order valence-corrected chi connectivity index (χ4v) is 3.91. The predicted octanol–water partition coefficient (Wildman–Crippen LogP) is 3.87. The zero-order chi connectivity index (χ0) is 26.8. The summed E-state index contributed by atoms with van der Waals surface area (Å²) in [7, 11) is 0. The SMILES string of the molecule is CCNC(=O)N[C@H](CC(=O)N[C@@H](CSC/C=C(\C)CC/C=C(\C)CCC=C(C)C)C(=O)O)C(=O)O. The van der Waals surface area contributed by atoms with Gasteiger partial charge in [0.25, 0.3) is 0 Å². The lowest BCUT2D eigenvalue weighted by Crippen LogP contribution is -2.50. The summed E-state index contributed by atoms with van der Waals surface area (Å²) < 4.78 is 0. The van der Waals surface area contributed by atoms with Gasteiger partial charge in [0.15, 0.2) is 0 Å². The summed E-state index contributed by atoms with van der Waals surface area (Å²) in [5.74, 6) is -2.61. The van der Waals surface area contributed by atoms with Gasteiger partial charge in [0.2, 0.25) is 5.91 Å². The van der Waals surface area contributed by atoms with Gasteiger partial charge >= 0.3 is 18.0 Å². The average molecular weight is 512 g/mol. The molecule has 0 aromatic rings. The fourth-order valence-electron chi connectivity index (χ4n) is 2.91. The normalized spacial score (nSPS) is 13.4. The van der Waals surface area contributed by atoms with Gasteiger partial charge in [-0.25, -0.2) is 14.4 Å². The molecule has 5 N–H and O–H groups in total. The summed E-state index contributed by atoms with van der Waals surface area (Å²) in [6.45, 7) is 10.3. The van der Waals surface area contributed by atoms with Gasteiger partial charge < -0.3 is 26.2 Å². The van der Waals surface area contributed by atoms with Crippen molar-refractivity contribution in [3.05, 3.63) is 34.9 Å². The Hall–Kier alpha value is -2.75. The molecule has 0 fully saturated rings. The molecule has 198 valence electrons. The van der Waals surface area contributed by atoms with Crippen molar-refractivity contribution in [3.63, 3.8) is 0 Å². The van der Waals surface area contributed by atoms with E-state index < -0.39 is 42.4 Å². The van der Waals surface area contributed by atoms with Crippen molar-refractivity contribution < 1.29 is 29.4 Å². The van der Waals surface area contributed by atoms with Crippen LogP contribution in [0.5, 0.6) is 0 Å². The number of urea groups is 1. The Kier molecular flexibility index (Phi) is 17.1. The maximum Gasteiger partial charge on any atom is 0.327 e. The van der Waals surface area contributed by atoms with Gasteiger partial charge in [-0.1, -0.05) is 34.9 Å². The molecule has 0 aliphatic rings. The highest BCUT2D eigenvalue weighted by atomic mass is 32.2. The molecule has 0 aliphatic heterocycles. The monoisotopic (exact) mass is 511 g/mol. The quantitative estimate of drug-likeness (QED) is 0.147. The summed E-state index contributed by atoms with van der Waals surface area (Å²) >= 11 is 1.37. The van der Waals surface area contributed by atoms with Gasteiger partial charge in [0.05, 0.1) is 6.42 Å². The summed E-state index contributed by atoms with van der Waals surface area (Å²) in [5, 5.41) is 25.5. The Labute approximate surface area is 212 Å². The number of carbonyl (C=O) groups is 4. The van der Waals surface area contributed by atoms with E-state index in [1.54, 1.807) is 6.92 Å². The molecule has 0 saturated heterocycles. The molecule has 0 heterocycles. The number of carbonyl (C=O) groups excluding carboxylic acids is 2. The van der Waals surface area contributed by atoms with Crippen molar-refractivity contribution in [2.45, 2.75) is 78.8 Å². The zero-order valence-corrected chi connectivity index (χ0v) is 22.3. The number of carboxylic acid groups (broad SMARTS) is 2. The molecule has 0 unspecified atom stereocenters. The van der Waals surface area contributed by atoms with E-state index in [1.165, 1.54) is 28.5 Å². The number of aliphatic carboxylic acids is 2. The number of hydrogen-bond donors (Lipinski definition) is 5. The van der Waals surface area contributed by atoms with Gasteiger partial charge in [0, 0.05) is 18.1 Å². The van der Waals surface area contributed by atoms with E-state index in [4.69, 9.17) is 0 Å². The number of nitrogens with one attached hydrogen (secondary N) is 3. The van der Waals surface area contributed by atoms with E-state index in [2.05, 4.69) is 54.9 Å². The fraction of sp³-hybridized carbons (Fsp3) is 0.600. The van der Waals surface area contributed by atoms with Crippen LogP contribution in [0.25, 0.3) is 0 Å². The van der Waals surface area contributed by atoms with Gasteiger partial charge in [-0.2, -0.15) is 11.8 Å². The standard InChI is InChI=1S/C25H41N3O6S/c1-6-26-25(34)28-20(23(30)31)15-22(29)27-21(24(32)33)16-35-14-13-19(5)12-8-11-18(4)10-7-9-17(2)3/h9,11,13,20-21H,6-8,10,12,14-16H2,1-5H3,(H,27,29)(H,30,31)(H,32,33)(H2,26,28,34)/b18-11+,19-13+/t20-,21+/m1/s1. The predicted molar refractivity (Wildman–Crippen MR) is 141 cm³/mol. The molecular formula is C25H41N3O6S. The van der Waals surface area contributed by atoms with Crippen LogP contribution in [0, 0.1) is 0 Å². The molecule has 0 aromatic carbocycles. The van der Waals surface area contributed by atoms with Crippen molar-refractivity contribution in [2.75, 3.05) is 18.1 Å². The molecule has 0 saturated carbocycles. The molecule has 10 heteroatoms. The van der Waals surface area contributed by atoms with Crippen LogP contribution in [-0.4, -0.2) is 64.2 Å². The van der Waals surface area contributed by atoms with Gasteiger partial charge in [0.1, 0.15) is 12.1 Å². The number of rotatable bonds is 17. The van der Waals surface area contributed by atoms with E-state index >= 15 is 0 Å². The minimum Gasteiger partial charge on any atom is -0.480 e. The molecular weight excluding hydrogens is 470 g/mol. The topological polar surface area (TPSA) is 145 Å². The smallest absolute Gasteiger partial charge is 0.327 e. The van der Waals surface area contributed by atoms with E-state index in [1.807, 2.05) is 6.92 Å². The van der Waals surface area contributed by atoms with Crippen LogP contribution in [-0.2, 0) is 14.4 Å². The lowest BCUT2D eigenvalue weighted by molar-refractivity contribution is -0.142. The molecule has 0 rings (SSSR count). The molecule has 2 atom stereocenters. The summed E-state index contributed by atoms with van der Waals surface area (Å²) in [4.78, 5) is 46.5. The molecule has 0 aliphatic carbocycles. The Balaban J connectivity index is 4.53. The minimum atomic E-state index is -1.46. The average Bonchev–Trinajstić information content (AvgIpc) is 2.75. The van der Waals surface area contributed by atoms with Crippen LogP contribution in [0.1, 0.15) is 66.7 Å². The Morgan fingerprint density at radius 2 is 1.40 bits per heavy atom. The zero-order valence-electron chi connectivity index (χ0n) is 21.5. The second-order valence-electron chi connectivity index (χ2n) is 8.55. The van der Waals surface area contributed by atoms with E-state index in [0.717, 1.165) is 25.7 Å². The summed E-state index contributed by atoms with van der Waals surface area (Å²) in [5.41, 5.74) is 3.91. The second-order valence-corrected chi connectivity index (χ2v) is 9.63. The van der Waals surface area contributed by atoms with Crippen LogP contribution in [0.4, 0.5) is 4.79 Å². The van der Waals surface area contributed by atoms with Crippen LogP contribution >= 0.6 is 11.8 Å². The van der Waals surface area contributed by atoms with Gasteiger partial charge in [-0.05, 0) is 60.3 Å². The van der Waals surface area contributed by atoms with Gasteiger partial charge in [-0.3, -0.25) is 4.79 Å². The summed E-state index contributed by atoms with van der Waals surface area (Å²) in [6.07, 6.45) is 9.96. The summed E-state index contributed by atoms with van der Waals surface area (Å²) in [6, 6.07) is -3.33. The highest BCUT2D eigenvalue weighted by molar-refractivity contribution is 7.99. The lowest BCUT2D eigenvalue weighted by atomic mass is 10.1. The number of allylic oxidation sites excluding steroid dienone is 5. The van der Waals surface area contributed by atoms with Gasteiger partial charge in [-0.15, -0.1) is 0 Å². The third kappa shape index (κ3) is 17.4. The first-order valence-corrected chi connectivity index (χ1v) is 12.9. The third-order valence-corrected chi connectivity index (χ3v) is 5.89. The highest BCUT2D eigenvalue weighted by Gasteiger charge is 2.26. The Bertz CT molecular complexity index is 803. The molecule has 0 bridgehead atoms. The largest absolute Gasteiger partial charge is 0.480 e. The molecule has 0 radical (unpaired) electrons. The molecule has 0 spiro atoms. The number of carboxylic acids is 2. The second kappa shape index (κ2) is 18.6. The van der Waals surface area contributed by atoms with Crippen molar-refractivity contribution >= 4 is 35.6 Å². The minimum absolute atomic E-state index is 0.135. The first-order valence-electron chi connectivity index (χ1n) is 11.8. The van der Waals surface area contributed by atoms with Crippen molar-refractivity contribution in [3.8, 4) is 0 Å². The molecule has 3 amide bonds. The van der Waals surface area contributed by atoms with E-state index in [9.17, 15) is 29.4 Å².